The molecule has 1 aliphatic rings. The summed E-state index contributed by atoms with van der Waals surface area (Å²) in [5.74, 6) is 2.01. The number of thioether (sulfide) groups is 1. The van der Waals surface area contributed by atoms with Gasteiger partial charge in [0.1, 0.15) is 22.9 Å². The van der Waals surface area contributed by atoms with Crippen LogP contribution in [-0.4, -0.2) is 54.9 Å². The summed E-state index contributed by atoms with van der Waals surface area (Å²) < 4.78 is 5.34. The quantitative estimate of drug-likeness (QED) is 0.434. The van der Waals surface area contributed by atoms with Crippen molar-refractivity contribution in [3.63, 3.8) is 0 Å². The Kier molecular flexibility index (Phi) is 7.11. The van der Waals surface area contributed by atoms with E-state index in [2.05, 4.69) is 37.2 Å². The minimum Gasteiger partial charge on any atom is -0.497 e. The molecule has 0 bridgehead atoms. The molecule has 1 fully saturated rings. The Morgan fingerprint density at radius 3 is 2.53 bits per heavy atom. The van der Waals surface area contributed by atoms with Gasteiger partial charge in [0, 0.05) is 49.7 Å². The van der Waals surface area contributed by atoms with E-state index >= 15 is 0 Å². The number of piperazine rings is 1. The standard InChI is InChI=1S/C24H27N5O2S/c1-18-6-8-19(9-7-18)27-23(30)16-32-24-15-22(25-17-26-24)29-12-10-28(11-13-29)20-4-3-5-21(14-20)31-2/h3-9,14-15,17H,10-13,16H2,1-2H3,(H,27,30). The van der Waals surface area contributed by atoms with Crippen LogP contribution in [0.3, 0.4) is 0 Å². The topological polar surface area (TPSA) is 70.6 Å². The van der Waals surface area contributed by atoms with E-state index < -0.39 is 0 Å². The molecule has 2 aromatic carbocycles. The van der Waals surface area contributed by atoms with Gasteiger partial charge in [-0.05, 0) is 31.2 Å². The van der Waals surface area contributed by atoms with Crippen LogP contribution in [0.25, 0.3) is 0 Å². The molecule has 1 amide bonds. The predicted octanol–water partition coefficient (Wildman–Crippen LogP) is 3.85. The first-order chi connectivity index (χ1) is 15.6. The lowest BCUT2D eigenvalue weighted by atomic mass is 10.2. The number of rotatable bonds is 7. The third-order valence-corrected chi connectivity index (χ3v) is 6.26. The molecule has 0 spiro atoms. The first-order valence-corrected chi connectivity index (χ1v) is 11.5. The zero-order valence-corrected chi connectivity index (χ0v) is 19.1. The molecule has 0 aliphatic carbocycles. The minimum absolute atomic E-state index is 0.0501. The summed E-state index contributed by atoms with van der Waals surface area (Å²) in [4.78, 5) is 25.7. The molecule has 32 heavy (non-hydrogen) atoms. The normalized spacial score (nSPS) is 13.7. The van der Waals surface area contributed by atoms with Crippen LogP contribution >= 0.6 is 11.8 Å². The second-order valence-electron chi connectivity index (χ2n) is 7.59. The SMILES string of the molecule is COc1cccc(N2CCN(c3cc(SCC(=O)Nc4ccc(C)cc4)ncn3)CC2)c1. The van der Waals surface area contributed by atoms with Crippen LogP contribution in [0.5, 0.6) is 5.75 Å². The van der Waals surface area contributed by atoms with Crippen molar-refractivity contribution in [1.82, 2.24) is 9.97 Å². The number of methoxy groups -OCH3 is 1. The van der Waals surface area contributed by atoms with Gasteiger partial charge in [-0.2, -0.15) is 0 Å². The number of benzene rings is 2. The Hall–Kier alpha value is -3.26. The fourth-order valence-corrected chi connectivity index (χ4v) is 4.22. The molecule has 1 N–H and O–H groups in total. The van der Waals surface area contributed by atoms with E-state index in [0.29, 0.717) is 5.75 Å². The predicted molar refractivity (Wildman–Crippen MR) is 130 cm³/mol. The van der Waals surface area contributed by atoms with Crippen molar-refractivity contribution in [3.05, 3.63) is 66.5 Å². The van der Waals surface area contributed by atoms with E-state index in [4.69, 9.17) is 4.74 Å². The summed E-state index contributed by atoms with van der Waals surface area (Å²) in [5.41, 5.74) is 3.14. The van der Waals surface area contributed by atoms with Crippen molar-refractivity contribution in [3.8, 4) is 5.75 Å². The Morgan fingerprint density at radius 1 is 1.03 bits per heavy atom. The summed E-state index contributed by atoms with van der Waals surface area (Å²) in [6, 6.07) is 17.9. The number of hydrogen-bond acceptors (Lipinski definition) is 7. The van der Waals surface area contributed by atoms with Gasteiger partial charge in [-0.1, -0.05) is 35.5 Å². The zero-order valence-electron chi connectivity index (χ0n) is 18.3. The third-order valence-electron chi connectivity index (χ3n) is 5.34. The number of carbonyl (C=O) groups is 1. The van der Waals surface area contributed by atoms with Crippen LogP contribution in [0.2, 0.25) is 0 Å². The Balaban J connectivity index is 1.30. The number of anilines is 3. The molecule has 0 radical (unpaired) electrons. The highest BCUT2D eigenvalue weighted by atomic mass is 32.2. The number of hydrogen-bond donors (Lipinski definition) is 1. The van der Waals surface area contributed by atoms with E-state index in [-0.39, 0.29) is 5.91 Å². The van der Waals surface area contributed by atoms with Gasteiger partial charge in [0.25, 0.3) is 0 Å². The van der Waals surface area contributed by atoms with E-state index in [1.165, 1.54) is 17.4 Å². The highest BCUT2D eigenvalue weighted by Gasteiger charge is 2.19. The molecule has 0 unspecified atom stereocenters. The number of ether oxygens (including phenoxy) is 1. The van der Waals surface area contributed by atoms with E-state index in [0.717, 1.165) is 54.0 Å². The van der Waals surface area contributed by atoms with Crippen LogP contribution in [-0.2, 0) is 4.79 Å². The van der Waals surface area contributed by atoms with Crippen LogP contribution in [0.15, 0.2) is 66.0 Å². The van der Waals surface area contributed by atoms with E-state index in [9.17, 15) is 4.79 Å². The second kappa shape index (κ2) is 10.4. The number of aromatic nitrogens is 2. The lowest BCUT2D eigenvalue weighted by Crippen LogP contribution is -2.46. The fourth-order valence-electron chi connectivity index (χ4n) is 3.56. The molecule has 1 saturated heterocycles. The molecule has 4 rings (SSSR count). The third kappa shape index (κ3) is 5.70. The van der Waals surface area contributed by atoms with Crippen LogP contribution in [0.4, 0.5) is 17.2 Å². The largest absolute Gasteiger partial charge is 0.497 e. The van der Waals surface area contributed by atoms with Gasteiger partial charge >= 0.3 is 0 Å². The Morgan fingerprint density at radius 2 is 1.78 bits per heavy atom. The maximum absolute atomic E-state index is 12.3. The van der Waals surface area contributed by atoms with Gasteiger partial charge in [0.15, 0.2) is 0 Å². The molecule has 166 valence electrons. The number of carbonyl (C=O) groups excluding carboxylic acids is 1. The molecule has 3 aromatic rings. The van der Waals surface area contributed by atoms with Gasteiger partial charge in [0.2, 0.25) is 5.91 Å². The summed E-state index contributed by atoms with van der Waals surface area (Å²) in [6.07, 6.45) is 1.57. The minimum atomic E-state index is -0.0501. The van der Waals surface area contributed by atoms with Crippen molar-refractivity contribution in [1.29, 1.82) is 0 Å². The lowest BCUT2D eigenvalue weighted by Gasteiger charge is -2.36. The zero-order chi connectivity index (χ0) is 22.3. The average Bonchev–Trinajstić information content (AvgIpc) is 2.84. The Bertz CT molecular complexity index is 1050. The van der Waals surface area contributed by atoms with E-state index in [1.807, 2.05) is 49.4 Å². The first-order valence-electron chi connectivity index (χ1n) is 10.6. The summed E-state index contributed by atoms with van der Waals surface area (Å²) in [7, 11) is 1.69. The van der Waals surface area contributed by atoms with Gasteiger partial charge in [-0.25, -0.2) is 9.97 Å². The summed E-state index contributed by atoms with van der Waals surface area (Å²) in [6.45, 7) is 5.56. The maximum Gasteiger partial charge on any atom is 0.234 e. The monoisotopic (exact) mass is 449 g/mol. The average molecular weight is 450 g/mol. The molecule has 0 saturated carbocycles. The highest BCUT2D eigenvalue weighted by Crippen LogP contribution is 2.25. The Labute approximate surface area is 192 Å². The molecule has 8 heteroatoms. The summed E-state index contributed by atoms with van der Waals surface area (Å²) in [5, 5.41) is 3.71. The van der Waals surface area contributed by atoms with E-state index in [1.54, 1.807) is 13.4 Å². The molecule has 1 aliphatic heterocycles. The number of nitrogens with one attached hydrogen (secondary N) is 1. The van der Waals surface area contributed by atoms with Crippen molar-refractivity contribution in [2.45, 2.75) is 11.9 Å². The summed E-state index contributed by atoms with van der Waals surface area (Å²) >= 11 is 1.42. The molecule has 1 aromatic heterocycles. The van der Waals surface area contributed by atoms with Crippen molar-refractivity contribution in [2.24, 2.45) is 0 Å². The molecule has 7 nitrogen and oxygen atoms in total. The highest BCUT2D eigenvalue weighted by molar-refractivity contribution is 7.99. The van der Waals surface area contributed by atoms with Gasteiger partial charge in [-0.3, -0.25) is 4.79 Å². The molecular formula is C24H27N5O2S. The van der Waals surface area contributed by atoms with Crippen LogP contribution in [0.1, 0.15) is 5.56 Å². The molecule has 2 heterocycles. The van der Waals surface area contributed by atoms with Gasteiger partial charge in [-0.15, -0.1) is 0 Å². The number of nitrogens with zero attached hydrogens (tertiary/aromatic N) is 4. The van der Waals surface area contributed by atoms with Gasteiger partial charge < -0.3 is 19.9 Å². The smallest absolute Gasteiger partial charge is 0.234 e. The van der Waals surface area contributed by atoms with Gasteiger partial charge in [0.05, 0.1) is 12.9 Å². The fraction of sp³-hybridized carbons (Fsp3) is 0.292. The van der Waals surface area contributed by atoms with Crippen molar-refractivity contribution >= 4 is 34.9 Å². The molecule has 0 atom stereocenters. The van der Waals surface area contributed by atoms with Crippen LogP contribution < -0.4 is 19.9 Å². The lowest BCUT2D eigenvalue weighted by molar-refractivity contribution is -0.113. The number of aryl methyl sites for hydroxylation is 1. The van der Waals surface area contributed by atoms with Crippen molar-refractivity contribution < 1.29 is 9.53 Å². The first kappa shape index (κ1) is 22.0. The van der Waals surface area contributed by atoms with Crippen molar-refractivity contribution in [2.75, 3.05) is 54.2 Å². The van der Waals surface area contributed by atoms with Crippen LogP contribution in [0, 0.1) is 6.92 Å². The second-order valence-corrected chi connectivity index (χ2v) is 8.59. The number of amides is 1. The molecular weight excluding hydrogens is 422 g/mol. The maximum atomic E-state index is 12.3.